The number of carboxylic acid groups (broad SMARTS) is 1. The Morgan fingerprint density at radius 3 is 2.75 bits per heavy atom. The number of aliphatic hydroxyl groups is 1. The first-order valence-corrected chi connectivity index (χ1v) is 5.25. The van der Waals surface area contributed by atoms with Gasteiger partial charge in [0.15, 0.2) is 5.69 Å². The molecule has 16 heavy (non-hydrogen) atoms. The summed E-state index contributed by atoms with van der Waals surface area (Å²) < 4.78 is 0. The van der Waals surface area contributed by atoms with Crippen LogP contribution in [0, 0.1) is 0 Å². The van der Waals surface area contributed by atoms with Gasteiger partial charge in [-0.1, -0.05) is 6.07 Å². The van der Waals surface area contributed by atoms with Crippen LogP contribution in [0.25, 0.3) is 0 Å². The molecule has 1 heterocycles. The molecule has 1 fully saturated rings. The summed E-state index contributed by atoms with van der Waals surface area (Å²) in [6.45, 7) is 0.0476. The number of anilines is 1. The highest BCUT2D eigenvalue weighted by molar-refractivity contribution is 5.85. The van der Waals surface area contributed by atoms with Gasteiger partial charge in [0.1, 0.15) is 5.82 Å². The van der Waals surface area contributed by atoms with E-state index in [1.54, 1.807) is 12.1 Å². The summed E-state index contributed by atoms with van der Waals surface area (Å²) in [5, 5.41) is 21.2. The molecule has 2 rings (SSSR count). The van der Waals surface area contributed by atoms with Crippen LogP contribution in [0.1, 0.15) is 29.8 Å². The van der Waals surface area contributed by atoms with Crippen LogP contribution < -0.4 is 5.32 Å². The highest BCUT2D eigenvalue weighted by Crippen LogP contribution is 2.34. The summed E-state index contributed by atoms with van der Waals surface area (Å²) in [7, 11) is 0. The van der Waals surface area contributed by atoms with E-state index in [0.29, 0.717) is 5.82 Å². The second-order valence-electron chi connectivity index (χ2n) is 4.13. The Hall–Kier alpha value is -1.62. The smallest absolute Gasteiger partial charge is 0.354 e. The summed E-state index contributed by atoms with van der Waals surface area (Å²) in [4.78, 5) is 14.7. The van der Waals surface area contributed by atoms with Gasteiger partial charge in [0.2, 0.25) is 0 Å². The standard InChI is InChI=1S/C11H14N2O3/c14-7-11(5-2-6-11)13-9-4-1-3-8(12-9)10(15)16/h1,3-4,14H,2,5-7H2,(H,12,13)(H,15,16). The van der Waals surface area contributed by atoms with Crippen molar-refractivity contribution in [3.8, 4) is 0 Å². The Morgan fingerprint density at radius 1 is 1.50 bits per heavy atom. The first-order valence-electron chi connectivity index (χ1n) is 5.25. The van der Waals surface area contributed by atoms with E-state index in [0.717, 1.165) is 19.3 Å². The van der Waals surface area contributed by atoms with Crippen molar-refractivity contribution in [1.82, 2.24) is 4.98 Å². The molecule has 0 spiro atoms. The summed E-state index contributed by atoms with van der Waals surface area (Å²) in [6, 6.07) is 4.80. The molecule has 1 aliphatic carbocycles. The lowest BCUT2D eigenvalue weighted by Crippen LogP contribution is -2.48. The number of aromatic nitrogens is 1. The minimum Gasteiger partial charge on any atom is -0.477 e. The predicted molar refractivity (Wildman–Crippen MR) is 58.5 cm³/mol. The third-order valence-electron chi connectivity index (χ3n) is 2.97. The van der Waals surface area contributed by atoms with Gasteiger partial charge >= 0.3 is 5.97 Å². The number of pyridine rings is 1. The maximum Gasteiger partial charge on any atom is 0.354 e. The molecular weight excluding hydrogens is 208 g/mol. The zero-order valence-corrected chi connectivity index (χ0v) is 8.81. The van der Waals surface area contributed by atoms with Crippen molar-refractivity contribution in [3.05, 3.63) is 23.9 Å². The number of aliphatic hydroxyl groups excluding tert-OH is 1. The van der Waals surface area contributed by atoms with Gasteiger partial charge < -0.3 is 15.5 Å². The molecule has 1 aromatic rings. The fourth-order valence-corrected chi connectivity index (χ4v) is 1.82. The molecule has 1 saturated carbocycles. The van der Waals surface area contributed by atoms with E-state index in [1.807, 2.05) is 0 Å². The number of carboxylic acids is 1. The van der Waals surface area contributed by atoms with E-state index < -0.39 is 5.97 Å². The molecule has 3 N–H and O–H groups in total. The Kier molecular flexibility index (Phi) is 2.78. The van der Waals surface area contributed by atoms with E-state index in [-0.39, 0.29) is 17.8 Å². The van der Waals surface area contributed by atoms with Crippen LogP contribution in [0.5, 0.6) is 0 Å². The third kappa shape index (κ3) is 1.99. The number of carbonyl (C=O) groups is 1. The molecule has 1 aromatic heterocycles. The van der Waals surface area contributed by atoms with Crippen molar-refractivity contribution >= 4 is 11.8 Å². The Bertz CT molecular complexity index is 396. The van der Waals surface area contributed by atoms with E-state index in [1.165, 1.54) is 6.07 Å². The molecule has 0 bridgehead atoms. The summed E-state index contributed by atoms with van der Waals surface area (Å²) in [5.74, 6) is -0.538. The minimum atomic E-state index is -1.05. The van der Waals surface area contributed by atoms with Crippen LogP contribution in [0.4, 0.5) is 5.82 Å². The van der Waals surface area contributed by atoms with Gasteiger partial charge in [-0.15, -0.1) is 0 Å². The molecule has 0 aromatic carbocycles. The third-order valence-corrected chi connectivity index (χ3v) is 2.97. The van der Waals surface area contributed by atoms with Crippen LogP contribution in [0.15, 0.2) is 18.2 Å². The van der Waals surface area contributed by atoms with Gasteiger partial charge in [0.05, 0.1) is 12.1 Å². The van der Waals surface area contributed by atoms with Crippen molar-refractivity contribution in [2.45, 2.75) is 24.8 Å². The van der Waals surface area contributed by atoms with Gasteiger partial charge in [-0.05, 0) is 31.4 Å². The largest absolute Gasteiger partial charge is 0.477 e. The maximum atomic E-state index is 10.7. The number of rotatable bonds is 4. The van der Waals surface area contributed by atoms with E-state index in [9.17, 15) is 9.90 Å². The van der Waals surface area contributed by atoms with Gasteiger partial charge in [0.25, 0.3) is 0 Å². The second-order valence-corrected chi connectivity index (χ2v) is 4.13. The highest BCUT2D eigenvalue weighted by atomic mass is 16.4. The van der Waals surface area contributed by atoms with Gasteiger partial charge in [-0.3, -0.25) is 0 Å². The average Bonchev–Trinajstić information content (AvgIpc) is 2.24. The maximum absolute atomic E-state index is 10.7. The van der Waals surface area contributed by atoms with Crippen LogP contribution in [-0.2, 0) is 0 Å². The van der Waals surface area contributed by atoms with E-state index in [2.05, 4.69) is 10.3 Å². The number of hydrogen-bond donors (Lipinski definition) is 3. The van der Waals surface area contributed by atoms with Crippen LogP contribution >= 0.6 is 0 Å². The van der Waals surface area contributed by atoms with Crippen molar-refractivity contribution in [2.24, 2.45) is 0 Å². The van der Waals surface area contributed by atoms with Crippen molar-refractivity contribution in [3.63, 3.8) is 0 Å². The fraction of sp³-hybridized carbons (Fsp3) is 0.455. The topological polar surface area (TPSA) is 82.5 Å². The number of hydrogen-bond acceptors (Lipinski definition) is 4. The van der Waals surface area contributed by atoms with Crippen LogP contribution in [0.3, 0.4) is 0 Å². The van der Waals surface area contributed by atoms with Gasteiger partial charge in [-0.25, -0.2) is 9.78 Å². The number of aromatic carboxylic acids is 1. The molecule has 0 saturated heterocycles. The quantitative estimate of drug-likeness (QED) is 0.710. The molecule has 0 atom stereocenters. The lowest BCUT2D eigenvalue weighted by atomic mass is 9.77. The van der Waals surface area contributed by atoms with Crippen LogP contribution in [0.2, 0.25) is 0 Å². The summed E-state index contributed by atoms with van der Waals surface area (Å²) >= 11 is 0. The first-order chi connectivity index (χ1) is 7.65. The molecule has 5 nitrogen and oxygen atoms in total. The molecule has 0 amide bonds. The van der Waals surface area contributed by atoms with Crippen molar-refractivity contribution < 1.29 is 15.0 Å². The number of nitrogens with zero attached hydrogens (tertiary/aromatic N) is 1. The molecule has 0 radical (unpaired) electrons. The molecule has 5 heteroatoms. The average molecular weight is 222 g/mol. The molecular formula is C11H14N2O3. The molecule has 0 unspecified atom stereocenters. The summed E-state index contributed by atoms with van der Waals surface area (Å²) in [6.07, 6.45) is 2.86. The highest BCUT2D eigenvalue weighted by Gasteiger charge is 2.36. The normalized spacial score (nSPS) is 17.6. The van der Waals surface area contributed by atoms with Gasteiger partial charge in [-0.2, -0.15) is 0 Å². The Balaban J connectivity index is 2.15. The fourth-order valence-electron chi connectivity index (χ4n) is 1.82. The molecule has 0 aliphatic heterocycles. The van der Waals surface area contributed by atoms with Crippen molar-refractivity contribution in [2.75, 3.05) is 11.9 Å². The monoisotopic (exact) mass is 222 g/mol. The van der Waals surface area contributed by atoms with Crippen molar-refractivity contribution in [1.29, 1.82) is 0 Å². The lowest BCUT2D eigenvalue weighted by molar-refractivity contribution is 0.0690. The first kappa shape index (κ1) is 10.9. The summed E-state index contributed by atoms with van der Waals surface area (Å²) in [5.41, 5.74) is -0.290. The Morgan fingerprint density at radius 2 is 2.25 bits per heavy atom. The second kappa shape index (κ2) is 4.09. The molecule has 86 valence electrons. The van der Waals surface area contributed by atoms with Gasteiger partial charge in [0, 0.05) is 0 Å². The SMILES string of the molecule is O=C(O)c1cccc(NC2(CO)CCC2)n1. The predicted octanol–water partition coefficient (Wildman–Crippen LogP) is 1.11. The molecule has 1 aliphatic rings. The Labute approximate surface area is 93.1 Å². The zero-order valence-electron chi connectivity index (χ0n) is 8.81. The number of nitrogens with one attached hydrogen (secondary N) is 1. The van der Waals surface area contributed by atoms with E-state index >= 15 is 0 Å². The zero-order chi connectivity index (χ0) is 11.6. The van der Waals surface area contributed by atoms with E-state index in [4.69, 9.17) is 5.11 Å². The minimum absolute atomic E-state index is 0.0115. The lowest BCUT2D eigenvalue weighted by Gasteiger charge is -2.41. The van der Waals surface area contributed by atoms with Crippen LogP contribution in [-0.4, -0.2) is 33.3 Å².